The first-order valence-electron chi connectivity index (χ1n) is 8.14. The quantitative estimate of drug-likeness (QED) is 0.467. The zero-order chi connectivity index (χ0) is 19.1. The average Bonchev–Trinajstić information content (AvgIpc) is 3.20. The van der Waals surface area contributed by atoms with Gasteiger partial charge in [0.15, 0.2) is 6.61 Å². The molecule has 0 atom stereocenters. The molecule has 0 spiro atoms. The Morgan fingerprint density at radius 3 is 2.59 bits per heavy atom. The molecule has 1 aromatic heterocycles. The highest BCUT2D eigenvalue weighted by atomic mass is 16.6. The minimum atomic E-state index is -0.507. The van der Waals surface area contributed by atoms with E-state index in [1.165, 1.54) is 6.08 Å². The van der Waals surface area contributed by atoms with Crippen LogP contribution in [-0.4, -0.2) is 30.3 Å². The molecular weight excluding hydrogens is 348 g/mol. The Morgan fingerprint density at radius 2 is 1.85 bits per heavy atom. The van der Waals surface area contributed by atoms with E-state index in [1.807, 2.05) is 42.5 Å². The van der Waals surface area contributed by atoms with Crippen LogP contribution in [0, 0.1) is 0 Å². The lowest BCUT2D eigenvalue weighted by Crippen LogP contribution is -2.01. The van der Waals surface area contributed by atoms with Crippen LogP contribution in [0.15, 0.2) is 59.1 Å². The second kappa shape index (κ2) is 8.66. The summed E-state index contributed by atoms with van der Waals surface area (Å²) in [6.07, 6.45) is 2.98. The summed E-state index contributed by atoms with van der Waals surface area (Å²) in [5.74, 6) is 1.53. The lowest BCUT2D eigenvalue weighted by atomic mass is 10.2. The fourth-order valence-electron chi connectivity index (χ4n) is 2.25. The van der Waals surface area contributed by atoms with E-state index in [1.54, 1.807) is 26.4 Å². The Balaban J connectivity index is 1.55. The van der Waals surface area contributed by atoms with E-state index in [2.05, 4.69) is 10.1 Å². The molecule has 0 radical (unpaired) electrons. The van der Waals surface area contributed by atoms with Crippen molar-refractivity contribution in [3.05, 3.63) is 66.1 Å². The summed E-state index contributed by atoms with van der Waals surface area (Å²) in [4.78, 5) is 16.0. The standard InChI is InChI=1S/C20H18N2O5/c1-24-16-9-6-14(7-10-16)8-11-19(23)26-13-18-21-20(22-27-18)15-4-3-5-17(12-15)25-2/h3-12H,13H2,1-2H3/b11-8+. The number of benzene rings is 2. The van der Waals surface area contributed by atoms with Gasteiger partial charge in [0, 0.05) is 11.6 Å². The molecule has 3 rings (SSSR count). The first-order valence-corrected chi connectivity index (χ1v) is 8.14. The Morgan fingerprint density at radius 1 is 1.07 bits per heavy atom. The Labute approximate surface area is 156 Å². The maximum absolute atomic E-state index is 11.8. The van der Waals surface area contributed by atoms with Crippen LogP contribution in [0.2, 0.25) is 0 Å². The van der Waals surface area contributed by atoms with Crippen molar-refractivity contribution in [3.8, 4) is 22.9 Å². The molecule has 0 saturated carbocycles. The number of hydrogen-bond acceptors (Lipinski definition) is 7. The molecule has 0 fully saturated rings. The summed E-state index contributed by atoms with van der Waals surface area (Å²) >= 11 is 0. The van der Waals surface area contributed by atoms with Gasteiger partial charge in [-0.3, -0.25) is 0 Å². The highest BCUT2D eigenvalue weighted by Gasteiger charge is 2.10. The SMILES string of the molecule is COc1ccc(/C=C/C(=O)OCc2nc(-c3cccc(OC)c3)no2)cc1. The number of hydrogen-bond donors (Lipinski definition) is 0. The van der Waals surface area contributed by atoms with Crippen LogP contribution in [0.4, 0.5) is 0 Å². The second-order valence-electron chi connectivity index (χ2n) is 5.46. The number of rotatable bonds is 7. The largest absolute Gasteiger partial charge is 0.497 e. The monoisotopic (exact) mass is 366 g/mol. The molecule has 0 bridgehead atoms. The molecule has 3 aromatic rings. The van der Waals surface area contributed by atoms with Gasteiger partial charge in [0.1, 0.15) is 11.5 Å². The number of carbonyl (C=O) groups excluding carboxylic acids is 1. The number of aromatic nitrogens is 2. The normalized spacial score (nSPS) is 10.7. The Hall–Kier alpha value is -3.61. The molecule has 138 valence electrons. The van der Waals surface area contributed by atoms with Crippen molar-refractivity contribution in [2.24, 2.45) is 0 Å². The summed E-state index contributed by atoms with van der Waals surface area (Å²) in [6, 6.07) is 14.6. The molecule has 0 aliphatic heterocycles. The number of ether oxygens (including phenoxy) is 3. The van der Waals surface area contributed by atoms with E-state index in [4.69, 9.17) is 18.7 Å². The maximum Gasteiger partial charge on any atom is 0.331 e. The maximum atomic E-state index is 11.8. The van der Waals surface area contributed by atoms with E-state index in [-0.39, 0.29) is 12.5 Å². The molecule has 0 N–H and O–H groups in total. The fourth-order valence-corrected chi connectivity index (χ4v) is 2.25. The molecule has 7 heteroatoms. The number of carbonyl (C=O) groups is 1. The summed E-state index contributed by atoms with van der Waals surface area (Å²) in [5.41, 5.74) is 1.60. The number of esters is 1. The van der Waals surface area contributed by atoms with Gasteiger partial charge in [-0.2, -0.15) is 4.98 Å². The van der Waals surface area contributed by atoms with Crippen LogP contribution in [0.5, 0.6) is 11.5 Å². The smallest absolute Gasteiger partial charge is 0.331 e. The van der Waals surface area contributed by atoms with E-state index < -0.39 is 5.97 Å². The molecule has 0 aliphatic rings. The van der Waals surface area contributed by atoms with Gasteiger partial charge in [0.25, 0.3) is 5.89 Å². The predicted octanol–water partition coefficient (Wildman–Crippen LogP) is 3.51. The van der Waals surface area contributed by atoms with Gasteiger partial charge in [-0.25, -0.2) is 4.79 Å². The minimum absolute atomic E-state index is 0.108. The van der Waals surface area contributed by atoms with Crippen molar-refractivity contribution >= 4 is 12.0 Å². The van der Waals surface area contributed by atoms with Gasteiger partial charge in [-0.1, -0.05) is 29.4 Å². The van der Waals surface area contributed by atoms with E-state index in [9.17, 15) is 4.79 Å². The summed E-state index contributed by atoms with van der Waals surface area (Å²) < 4.78 is 20.5. The van der Waals surface area contributed by atoms with Gasteiger partial charge in [0.2, 0.25) is 5.82 Å². The zero-order valence-electron chi connectivity index (χ0n) is 14.9. The average molecular weight is 366 g/mol. The molecule has 7 nitrogen and oxygen atoms in total. The minimum Gasteiger partial charge on any atom is -0.497 e. The van der Waals surface area contributed by atoms with Crippen molar-refractivity contribution in [1.29, 1.82) is 0 Å². The van der Waals surface area contributed by atoms with Crippen molar-refractivity contribution in [2.75, 3.05) is 14.2 Å². The third kappa shape index (κ3) is 4.94. The van der Waals surface area contributed by atoms with Crippen LogP contribution >= 0.6 is 0 Å². The first-order chi connectivity index (χ1) is 13.2. The lowest BCUT2D eigenvalue weighted by Gasteiger charge is -2.00. The first kappa shape index (κ1) is 18.2. The van der Waals surface area contributed by atoms with E-state index in [0.717, 1.165) is 16.9 Å². The van der Waals surface area contributed by atoms with Crippen LogP contribution in [-0.2, 0) is 16.1 Å². The third-order valence-electron chi connectivity index (χ3n) is 3.66. The van der Waals surface area contributed by atoms with Crippen LogP contribution in [0.25, 0.3) is 17.5 Å². The van der Waals surface area contributed by atoms with Crippen molar-refractivity contribution in [3.63, 3.8) is 0 Å². The molecule has 27 heavy (non-hydrogen) atoms. The van der Waals surface area contributed by atoms with Crippen molar-refractivity contribution in [2.45, 2.75) is 6.61 Å². The number of methoxy groups -OCH3 is 2. The van der Waals surface area contributed by atoms with Gasteiger partial charge >= 0.3 is 5.97 Å². The molecule has 1 heterocycles. The van der Waals surface area contributed by atoms with Gasteiger partial charge in [-0.05, 0) is 35.9 Å². The van der Waals surface area contributed by atoms with E-state index in [0.29, 0.717) is 11.6 Å². The zero-order valence-corrected chi connectivity index (χ0v) is 14.9. The van der Waals surface area contributed by atoms with Crippen molar-refractivity contribution < 1.29 is 23.5 Å². The third-order valence-corrected chi connectivity index (χ3v) is 3.66. The molecule has 0 amide bonds. The summed E-state index contributed by atoms with van der Waals surface area (Å²) in [5, 5.41) is 3.89. The van der Waals surface area contributed by atoms with Gasteiger partial charge in [-0.15, -0.1) is 0 Å². The molecule has 0 unspecified atom stereocenters. The summed E-state index contributed by atoms with van der Waals surface area (Å²) in [7, 11) is 3.18. The van der Waals surface area contributed by atoms with Gasteiger partial charge in [0.05, 0.1) is 14.2 Å². The summed E-state index contributed by atoms with van der Waals surface area (Å²) in [6.45, 7) is -0.108. The molecular formula is C20H18N2O5. The lowest BCUT2D eigenvalue weighted by molar-refractivity contribution is -0.139. The topological polar surface area (TPSA) is 83.7 Å². The van der Waals surface area contributed by atoms with Gasteiger partial charge < -0.3 is 18.7 Å². The predicted molar refractivity (Wildman–Crippen MR) is 98.1 cm³/mol. The second-order valence-corrected chi connectivity index (χ2v) is 5.46. The fraction of sp³-hybridized carbons (Fsp3) is 0.150. The molecule has 2 aromatic carbocycles. The molecule has 0 saturated heterocycles. The van der Waals surface area contributed by atoms with E-state index >= 15 is 0 Å². The highest BCUT2D eigenvalue weighted by molar-refractivity contribution is 5.87. The van der Waals surface area contributed by atoms with Crippen LogP contribution in [0.1, 0.15) is 11.5 Å². The van der Waals surface area contributed by atoms with Crippen LogP contribution < -0.4 is 9.47 Å². The highest BCUT2D eigenvalue weighted by Crippen LogP contribution is 2.21. The Kier molecular flexibility index (Phi) is 5.84. The van der Waals surface area contributed by atoms with Crippen molar-refractivity contribution in [1.82, 2.24) is 10.1 Å². The number of nitrogens with zero attached hydrogens (tertiary/aromatic N) is 2. The van der Waals surface area contributed by atoms with Crippen LogP contribution in [0.3, 0.4) is 0 Å². The molecule has 0 aliphatic carbocycles. The Bertz CT molecular complexity index is 932.